The molecule has 1 aliphatic heterocycles. The van der Waals surface area contributed by atoms with Crippen molar-refractivity contribution in [1.29, 1.82) is 0 Å². The van der Waals surface area contributed by atoms with Crippen LogP contribution in [0.4, 0.5) is 5.69 Å². The van der Waals surface area contributed by atoms with Gasteiger partial charge in [-0.15, -0.1) is 11.8 Å². The summed E-state index contributed by atoms with van der Waals surface area (Å²) in [6, 6.07) is 7.65. The molecule has 2 unspecified atom stereocenters. The highest BCUT2D eigenvalue weighted by Crippen LogP contribution is 2.28. The van der Waals surface area contributed by atoms with Crippen LogP contribution in [0.1, 0.15) is 13.3 Å². The van der Waals surface area contributed by atoms with E-state index < -0.39 is 0 Å². The van der Waals surface area contributed by atoms with Crippen LogP contribution in [0.2, 0.25) is 0 Å². The van der Waals surface area contributed by atoms with E-state index in [1.54, 1.807) is 0 Å². The van der Waals surface area contributed by atoms with Gasteiger partial charge in [-0.3, -0.25) is 9.59 Å². The van der Waals surface area contributed by atoms with E-state index in [2.05, 4.69) is 10.6 Å². The van der Waals surface area contributed by atoms with Gasteiger partial charge >= 0.3 is 0 Å². The molecule has 20 heavy (non-hydrogen) atoms. The van der Waals surface area contributed by atoms with Crippen molar-refractivity contribution in [2.45, 2.75) is 24.3 Å². The van der Waals surface area contributed by atoms with Gasteiger partial charge in [-0.25, -0.2) is 0 Å². The molecule has 1 saturated heterocycles. The van der Waals surface area contributed by atoms with Crippen molar-refractivity contribution in [2.75, 3.05) is 17.6 Å². The Labute approximate surface area is 122 Å². The van der Waals surface area contributed by atoms with E-state index in [0.29, 0.717) is 0 Å². The van der Waals surface area contributed by atoms with E-state index >= 15 is 0 Å². The average Bonchev–Trinajstić information content (AvgIpc) is 2.84. The summed E-state index contributed by atoms with van der Waals surface area (Å²) in [6.07, 6.45) is 0.851. The van der Waals surface area contributed by atoms with Gasteiger partial charge in [-0.2, -0.15) is 0 Å². The number of amides is 2. The van der Waals surface area contributed by atoms with Crippen LogP contribution in [-0.2, 0) is 9.59 Å². The Balaban J connectivity index is 2.04. The minimum Gasteiger partial charge on any atom is -0.369 e. The molecule has 1 aromatic carbocycles. The Morgan fingerprint density at radius 3 is 2.85 bits per heavy atom. The number of nitrogens with two attached hydrogens (primary N) is 1. The molecule has 108 valence electrons. The van der Waals surface area contributed by atoms with Crippen LogP contribution in [0.25, 0.3) is 0 Å². The molecule has 0 spiro atoms. The third kappa shape index (κ3) is 3.74. The molecule has 0 aromatic heterocycles. The van der Waals surface area contributed by atoms with Gasteiger partial charge in [0.1, 0.15) is 0 Å². The summed E-state index contributed by atoms with van der Waals surface area (Å²) in [5, 5.41) is 6.22. The third-order valence-corrected chi connectivity index (χ3v) is 4.47. The molecule has 0 aliphatic carbocycles. The molecule has 2 rings (SSSR count). The lowest BCUT2D eigenvalue weighted by molar-refractivity contribution is -0.120. The lowest BCUT2D eigenvalue weighted by Crippen LogP contribution is -2.32. The van der Waals surface area contributed by atoms with Crippen LogP contribution in [0.3, 0.4) is 0 Å². The first-order chi connectivity index (χ1) is 9.58. The minimum atomic E-state index is -0.371. The number of hydrogen-bond acceptors (Lipinski definition) is 4. The normalized spacial score (nSPS) is 21.6. The summed E-state index contributed by atoms with van der Waals surface area (Å²) in [6.45, 7) is 2.89. The number of carbonyl (C=O) groups is 2. The van der Waals surface area contributed by atoms with Crippen LogP contribution in [-0.4, -0.2) is 30.2 Å². The highest BCUT2D eigenvalue weighted by atomic mass is 32.2. The molecule has 0 radical (unpaired) electrons. The van der Waals surface area contributed by atoms with Gasteiger partial charge in [0.2, 0.25) is 11.8 Å². The number of nitrogens with one attached hydrogen (secondary N) is 2. The molecular formula is C14H19N3O2S. The average molecular weight is 293 g/mol. The zero-order valence-corrected chi connectivity index (χ0v) is 12.2. The maximum absolute atomic E-state index is 12.3. The van der Waals surface area contributed by atoms with Crippen LogP contribution >= 0.6 is 11.8 Å². The van der Waals surface area contributed by atoms with Crippen molar-refractivity contribution in [3.05, 3.63) is 24.3 Å². The molecule has 1 aliphatic rings. The second-order valence-corrected chi connectivity index (χ2v) is 5.90. The monoisotopic (exact) mass is 293 g/mol. The molecule has 1 aromatic rings. The first-order valence-electron chi connectivity index (χ1n) is 6.62. The van der Waals surface area contributed by atoms with Crippen LogP contribution < -0.4 is 16.4 Å². The van der Waals surface area contributed by atoms with Gasteiger partial charge in [0.25, 0.3) is 0 Å². The summed E-state index contributed by atoms with van der Waals surface area (Å²) >= 11 is 1.34. The summed E-state index contributed by atoms with van der Waals surface area (Å²) < 4.78 is 0. The number of carbonyl (C=O) groups excluding carboxylic acids is 2. The van der Waals surface area contributed by atoms with Gasteiger partial charge in [0.15, 0.2) is 0 Å². The fourth-order valence-electron chi connectivity index (χ4n) is 2.29. The van der Waals surface area contributed by atoms with Gasteiger partial charge in [-0.1, -0.05) is 12.1 Å². The Morgan fingerprint density at radius 1 is 1.45 bits per heavy atom. The van der Waals surface area contributed by atoms with E-state index in [1.165, 1.54) is 11.8 Å². The van der Waals surface area contributed by atoms with Crippen molar-refractivity contribution in [2.24, 2.45) is 11.7 Å². The number of thioether (sulfide) groups is 1. The maximum Gasteiger partial charge on any atom is 0.229 e. The summed E-state index contributed by atoms with van der Waals surface area (Å²) in [7, 11) is 0. The van der Waals surface area contributed by atoms with Crippen molar-refractivity contribution >= 4 is 29.3 Å². The second kappa shape index (κ2) is 6.76. The Kier molecular flexibility index (Phi) is 5.03. The SMILES string of the molecule is CC1NCCC1C(=O)Nc1ccccc1SCC(N)=O. The van der Waals surface area contributed by atoms with Gasteiger partial charge in [-0.05, 0) is 32.0 Å². The predicted molar refractivity (Wildman–Crippen MR) is 80.6 cm³/mol. The lowest BCUT2D eigenvalue weighted by atomic mass is 10.0. The van der Waals surface area contributed by atoms with Gasteiger partial charge < -0.3 is 16.4 Å². The number of rotatable bonds is 5. The Bertz CT molecular complexity index is 507. The second-order valence-electron chi connectivity index (χ2n) is 4.88. The Hall–Kier alpha value is -1.53. The van der Waals surface area contributed by atoms with Crippen molar-refractivity contribution in [3.8, 4) is 0 Å². The van der Waals surface area contributed by atoms with E-state index in [4.69, 9.17) is 5.73 Å². The largest absolute Gasteiger partial charge is 0.369 e. The number of benzene rings is 1. The Morgan fingerprint density at radius 2 is 2.20 bits per heavy atom. The molecule has 5 nitrogen and oxygen atoms in total. The smallest absolute Gasteiger partial charge is 0.229 e. The molecule has 2 atom stereocenters. The molecule has 6 heteroatoms. The third-order valence-electron chi connectivity index (χ3n) is 3.38. The summed E-state index contributed by atoms with van der Waals surface area (Å²) in [5.74, 6) is -0.155. The molecule has 1 fully saturated rings. The first kappa shape index (κ1) is 14.9. The minimum absolute atomic E-state index is 0.0100. The molecule has 2 amide bonds. The zero-order chi connectivity index (χ0) is 14.5. The number of anilines is 1. The van der Waals surface area contributed by atoms with Crippen LogP contribution in [0, 0.1) is 5.92 Å². The fraction of sp³-hybridized carbons (Fsp3) is 0.429. The number of hydrogen-bond donors (Lipinski definition) is 3. The quantitative estimate of drug-likeness (QED) is 0.712. The standard InChI is InChI=1S/C14H19N3O2S/c1-9-10(6-7-16-9)14(19)17-11-4-2-3-5-12(11)20-8-13(15)18/h2-5,9-10,16H,6-8H2,1H3,(H2,15,18)(H,17,19). The highest BCUT2D eigenvalue weighted by Gasteiger charge is 2.29. The molecular weight excluding hydrogens is 274 g/mol. The lowest BCUT2D eigenvalue weighted by Gasteiger charge is -2.16. The number of para-hydroxylation sites is 1. The van der Waals surface area contributed by atoms with Crippen molar-refractivity contribution < 1.29 is 9.59 Å². The van der Waals surface area contributed by atoms with E-state index in [0.717, 1.165) is 23.5 Å². The van der Waals surface area contributed by atoms with Gasteiger partial charge in [0, 0.05) is 10.9 Å². The van der Waals surface area contributed by atoms with Crippen LogP contribution in [0.5, 0.6) is 0 Å². The summed E-state index contributed by atoms with van der Waals surface area (Å²) in [4.78, 5) is 24.0. The number of primary amides is 1. The fourth-order valence-corrected chi connectivity index (χ4v) is 3.03. The van der Waals surface area contributed by atoms with Gasteiger partial charge in [0.05, 0.1) is 17.4 Å². The first-order valence-corrected chi connectivity index (χ1v) is 7.61. The zero-order valence-electron chi connectivity index (χ0n) is 11.4. The van der Waals surface area contributed by atoms with E-state index in [1.807, 2.05) is 31.2 Å². The molecule has 1 heterocycles. The predicted octanol–water partition coefficient (Wildman–Crippen LogP) is 1.20. The molecule has 0 bridgehead atoms. The summed E-state index contributed by atoms with van der Waals surface area (Å²) in [5.41, 5.74) is 5.89. The van der Waals surface area contributed by atoms with Crippen molar-refractivity contribution in [1.82, 2.24) is 5.32 Å². The maximum atomic E-state index is 12.3. The highest BCUT2D eigenvalue weighted by molar-refractivity contribution is 8.00. The van der Waals surface area contributed by atoms with Crippen molar-refractivity contribution in [3.63, 3.8) is 0 Å². The van der Waals surface area contributed by atoms with Crippen LogP contribution in [0.15, 0.2) is 29.2 Å². The molecule has 4 N–H and O–H groups in total. The van der Waals surface area contributed by atoms with E-state index in [9.17, 15) is 9.59 Å². The topological polar surface area (TPSA) is 84.2 Å². The van der Waals surface area contributed by atoms with E-state index in [-0.39, 0.29) is 29.5 Å². The molecule has 0 saturated carbocycles.